The van der Waals surface area contributed by atoms with E-state index in [0.29, 0.717) is 0 Å². The van der Waals surface area contributed by atoms with E-state index in [2.05, 4.69) is 45.9 Å². The molecule has 1 atom stereocenters. The van der Waals surface area contributed by atoms with Gasteiger partial charge in [0, 0.05) is 11.1 Å². The van der Waals surface area contributed by atoms with Gasteiger partial charge in [-0.3, -0.25) is 0 Å². The lowest BCUT2D eigenvalue weighted by Gasteiger charge is -2.24. The first-order chi connectivity index (χ1) is 5.99. The van der Waals surface area contributed by atoms with Crippen molar-refractivity contribution in [3.05, 3.63) is 35.1 Å². The molecule has 13 heavy (non-hydrogen) atoms. The predicted octanol–water partition coefficient (Wildman–Crippen LogP) is 3.15. The molecule has 1 aliphatic carbocycles. The van der Waals surface area contributed by atoms with Gasteiger partial charge in [-0.2, -0.15) is 0 Å². The molecule has 0 amide bonds. The Kier molecular flexibility index (Phi) is 2.65. The van der Waals surface area contributed by atoms with E-state index in [9.17, 15) is 0 Å². The minimum atomic E-state index is 0.0407. The Morgan fingerprint density at radius 3 is 2.46 bits per heavy atom. The van der Waals surface area contributed by atoms with Crippen molar-refractivity contribution in [1.29, 1.82) is 0 Å². The van der Waals surface area contributed by atoms with E-state index >= 15 is 0 Å². The lowest BCUT2D eigenvalue weighted by Crippen LogP contribution is -2.21. The first-order valence-electron chi connectivity index (χ1n) is 4.84. The molecule has 0 heterocycles. The third kappa shape index (κ3) is 1.85. The fraction of sp³-hybridized carbons (Fsp3) is 0.500. The first kappa shape index (κ1) is 10.1. The molecule has 1 nitrogen and oxygen atoms in total. The molecule has 1 rings (SSSR count). The van der Waals surface area contributed by atoms with Gasteiger partial charge in [-0.25, -0.2) is 0 Å². The van der Waals surface area contributed by atoms with Gasteiger partial charge in [-0.05, 0) is 37.5 Å². The maximum Gasteiger partial charge on any atom is 0.0250 e. The number of hydrogen-bond acceptors (Lipinski definition) is 1. The van der Waals surface area contributed by atoms with Gasteiger partial charge < -0.3 is 5.73 Å². The van der Waals surface area contributed by atoms with E-state index in [0.717, 1.165) is 12.1 Å². The second kappa shape index (κ2) is 3.41. The van der Waals surface area contributed by atoms with Crippen LogP contribution in [0, 0.1) is 5.41 Å². The van der Waals surface area contributed by atoms with E-state index in [-0.39, 0.29) is 5.41 Å². The molecular formula is C12H19N. The van der Waals surface area contributed by atoms with Crippen LogP contribution in [0.2, 0.25) is 0 Å². The summed E-state index contributed by atoms with van der Waals surface area (Å²) in [4.78, 5) is 0. The van der Waals surface area contributed by atoms with Crippen molar-refractivity contribution in [1.82, 2.24) is 0 Å². The van der Waals surface area contributed by atoms with Crippen molar-refractivity contribution in [2.75, 3.05) is 0 Å². The zero-order valence-corrected chi connectivity index (χ0v) is 9.02. The van der Waals surface area contributed by atoms with Crippen molar-refractivity contribution < 1.29 is 0 Å². The molecule has 1 aliphatic rings. The molecular weight excluding hydrogens is 158 g/mol. The topological polar surface area (TPSA) is 26.0 Å². The second-order valence-electron chi connectivity index (χ2n) is 4.07. The maximum atomic E-state index is 6.05. The summed E-state index contributed by atoms with van der Waals surface area (Å²) in [5.74, 6) is 0. The van der Waals surface area contributed by atoms with Crippen molar-refractivity contribution in [3.8, 4) is 0 Å². The van der Waals surface area contributed by atoms with E-state index < -0.39 is 0 Å². The maximum absolute atomic E-state index is 6.05. The van der Waals surface area contributed by atoms with E-state index in [1.165, 1.54) is 11.1 Å². The van der Waals surface area contributed by atoms with Gasteiger partial charge in [0.25, 0.3) is 0 Å². The average molecular weight is 177 g/mol. The van der Waals surface area contributed by atoms with Crippen LogP contribution < -0.4 is 5.73 Å². The molecule has 0 aromatic rings. The van der Waals surface area contributed by atoms with Gasteiger partial charge >= 0.3 is 0 Å². The standard InChI is InChI=1S/C12H19N/c1-5-12(4)7-6-9(2)10(3)8-11(12)13/h6-8H,5,13H2,1-4H3. The molecule has 1 heteroatoms. The lowest BCUT2D eigenvalue weighted by molar-refractivity contribution is 0.489. The van der Waals surface area contributed by atoms with Crippen LogP contribution in [0.15, 0.2) is 35.1 Å². The molecule has 1 unspecified atom stereocenters. The van der Waals surface area contributed by atoms with E-state index in [1.54, 1.807) is 0 Å². The summed E-state index contributed by atoms with van der Waals surface area (Å²) in [6, 6.07) is 0. The molecule has 0 bridgehead atoms. The quantitative estimate of drug-likeness (QED) is 0.654. The van der Waals surface area contributed by atoms with Gasteiger partial charge in [-0.1, -0.05) is 26.0 Å². The van der Waals surface area contributed by atoms with Gasteiger partial charge in [0.2, 0.25) is 0 Å². The molecule has 0 aromatic carbocycles. The van der Waals surface area contributed by atoms with Gasteiger partial charge in [0.05, 0.1) is 0 Å². The third-order valence-electron chi connectivity index (χ3n) is 3.09. The summed E-state index contributed by atoms with van der Waals surface area (Å²) < 4.78 is 0. The Hall–Kier alpha value is -0.980. The summed E-state index contributed by atoms with van der Waals surface area (Å²) in [5.41, 5.74) is 9.64. The van der Waals surface area contributed by atoms with Gasteiger partial charge in [0.15, 0.2) is 0 Å². The Balaban J connectivity index is 3.15. The van der Waals surface area contributed by atoms with E-state index in [4.69, 9.17) is 5.73 Å². The van der Waals surface area contributed by atoms with Crippen LogP contribution in [0.1, 0.15) is 34.1 Å². The SMILES string of the molecule is CCC1(C)C=CC(C)=C(C)C=C1N. The number of hydrogen-bond donors (Lipinski definition) is 1. The lowest BCUT2D eigenvalue weighted by atomic mass is 9.84. The Morgan fingerprint density at radius 2 is 1.92 bits per heavy atom. The molecule has 2 N–H and O–H groups in total. The Labute approximate surface area is 81.0 Å². The Morgan fingerprint density at radius 1 is 1.31 bits per heavy atom. The van der Waals surface area contributed by atoms with Crippen LogP contribution in [0.5, 0.6) is 0 Å². The van der Waals surface area contributed by atoms with E-state index in [1.807, 2.05) is 0 Å². The van der Waals surface area contributed by atoms with Crippen LogP contribution in [-0.2, 0) is 0 Å². The first-order valence-corrected chi connectivity index (χ1v) is 4.84. The predicted molar refractivity (Wildman–Crippen MR) is 58.2 cm³/mol. The summed E-state index contributed by atoms with van der Waals surface area (Å²) in [7, 11) is 0. The fourth-order valence-electron chi connectivity index (χ4n) is 1.37. The van der Waals surface area contributed by atoms with Gasteiger partial charge in [0.1, 0.15) is 0 Å². The molecule has 0 saturated carbocycles. The van der Waals surface area contributed by atoms with Crippen molar-refractivity contribution in [3.63, 3.8) is 0 Å². The average Bonchev–Trinajstić information content (AvgIpc) is 2.20. The summed E-state index contributed by atoms with van der Waals surface area (Å²) in [6.45, 7) is 8.58. The molecule has 0 fully saturated rings. The van der Waals surface area contributed by atoms with Crippen LogP contribution >= 0.6 is 0 Å². The van der Waals surface area contributed by atoms with Crippen molar-refractivity contribution >= 4 is 0 Å². The van der Waals surface area contributed by atoms with Crippen LogP contribution in [0.4, 0.5) is 0 Å². The van der Waals surface area contributed by atoms with Crippen LogP contribution in [0.3, 0.4) is 0 Å². The van der Waals surface area contributed by atoms with Crippen molar-refractivity contribution in [2.45, 2.75) is 34.1 Å². The minimum Gasteiger partial charge on any atom is -0.401 e. The molecule has 0 spiro atoms. The second-order valence-corrected chi connectivity index (χ2v) is 4.07. The van der Waals surface area contributed by atoms with Crippen LogP contribution in [-0.4, -0.2) is 0 Å². The van der Waals surface area contributed by atoms with Crippen LogP contribution in [0.25, 0.3) is 0 Å². The highest BCUT2D eigenvalue weighted by Crippen LogP contribution is 2.33. The fourth-order valence-corrected chi connectivity index (χ4v) is 1.37. The van der Waals surface area contributed by atoms with Gasteiger partial charge in [-0.15, -0.1) is 0 Å². The monoisotopic (exact) mass is 177 g/mol. The zero-order valence-electron chi connectivity index (χ0n) is 9.02. The molecule has 72 valence electrons. The molecule has 0 aromatic heterocycles. The smallest absolute Gasteiger partial charge is 0.0250 e. The summed E-state index contributed by atoms with van der Waals surface area (Å²) in [6.07, 6.45) is 7.53. The third-order valence-corrected chi connectivity index (χ3v) is 3.09. The molecule has 0 radical (unpaired) electrons. The highest BCUT2D eigenvalue weighted by Gasteiger charge is 2.23. The summed E-state index contributed by atoms with van der Waals surface area (Å²) in [5, 5.41) is 0. The highest BCUT2D eigenvalue weighted by molar-refractivity contribution is 5.39. The minimum absolute atomic E-state index is 0.0407. The number of nitrogens with two attached hydrogens (primary N) is 1. The van der Waals surface area contributed by atoms with Crippen molar-refractivity contribution in [2.24, 2.45) is 11.1 Å². The number of allylic oxidation sites excluding steroid dienone is 5. The largest absolute Gasteiger partial charge is 0.401 e. The normalized spacial score (nSPS) is 28.8. The molecule has 0 saturated heterocycles. The molecule has 0 aliphatic heterocycles. The Bertz CT molecular complexity index is 294. The summed E-state index contributed by atoms with van der Waals surface area (Å²) >= 11 is 0. The highest BCUT2D eigenvalue weighted by atomic mass is 14.6. The number of rotatable bonds is 1. The zero-order chi connectivity index (χ0) is 10.1.